The van der Waals surface area contributed by atoms with Gasteiger partial charge in [-0.2, -0.15) is 4.98 Å². The van der Waals surface area contributed by atoms with Gasteiger partial charge in [-0.3, -0.25) is 9.36 Å². The van der Waals surface area contributed by atoms with Crippen LogP contribution in [0.15, 0.2) is 28.7 Å². The lowest BCUT2D eigenvalue weighted by molar-refractivity contribution is -0.310. The van der Waals surface area contributed by atoms with Crippen LogP contribution in [-0.2, 0) is 25.4 Å². The number of ether oxygens (including phenoxy) is 3. The monoisotopic (exact) mass is 479 g/mol. The predicted octanol–water partition coefficient (Wildman–Crippen LogP) is 0.801. The van der Waals surface area contributed by atoms with Crippen LogP contribution in [0.4, 0.5) is 0 Å². The van der Waals surface area contributed by atoms with Crippen molar-refractivity contribution in [2.24, 2.45) is 0 Å². The van der Waals surface area contributed by atoms with Crippen LogP contribution in [0.1, 0.15) is 52.5 Å². The molecule has 190 valence electrons. The number of nitrogens with zero attached hydrogens (tertiary/aromatic N) is 3. The third-order valence-corrected chi connectivity index (χ3v) is 6.72. The number of likely N-dealkylation sites (N-methyl/N-ethyl adjacent to an activating group) is 1. The molecule has 2 fully saturated rings. The van der Waals surface area contributed by atoms with E-state index in [1.54, 1.807) is 32.2 Å². The molecule has 2 N–H and O–H groups in total. The molecule has 2 aliphatic rings. The van der Waals surface area contributed by atoms with Crippen LogP contribution in [0.5, 0.6) is 0 Å². The minimum Gasteiger partial charge on any atom is -0.388 e. The van der Waals surface area contributed by atoms with Crippen molar-refractivity contribution >= 4 is 5.78 Å². The van der Waals surface area contributed by atoms with Crippen molar-refractivity contribution in [2.75, 3.05) is 14.1 Å². The van der Waals surface area contributed by atoms with E-state index < -0.39 is 30.4 Å². The number of carbonyl (C=O) groups excluding carboxylic acids is 1. The van der Waals surface area contributed by atoms with Gasteiger partial charge in [-0.25, -0.2) is 4.79 Å². The van der Waals surface area contributed by atoms with Crippen molar-refractivity contribution < 1.29 is 29.2 Å². The maximum absolute atomic E-state index is 12.6. The number of hydrogen-bond donors (Lipinski definition) is 2. The van der Waals surface area contributed by atoms with Gasteiger partial charge in [0.2, 0.25) is 0 Å². The maximum Gasteiger partial charge on any atom is 0.349 e. The van der Waals surface area contributed by atoms with Gasteiger partial charge < -0.3 is 29.3 Å². The highest BCUT2D eigenvalue weighted by Gasteiger charge is 2.46. The zero-order valence-electron chi connectivity index (χ0n) is 20.7. The maximum atomic E-state index is 12.6. The minimum atomic E-state index is -1.19. The topological polar surface area (TPSA) is 123 Å². The quantitative estimate of drug-likeness (QED) is 0.547. The summed E-state index contributed by atoms with van der Waals surface area (Å²) in [6.07, 6.45) is -0.328. The molecule has 8 unspecified atom stereocenters. The first-order chi connectivity index (χ1) is 16.0. The van der Waals surface area contributed by atoms with Crippen molar-refractivity contribution in [3.05, 3.63) is 40.1 Å². The number of hydrogen-bond acceptors (Lipinski definition) is 9. The first kappa shape index (κ1) is 26.7. The number of aromatic nitrogens is 2. The Morgan fingerprint density at radius 2 is 1.94 bits per heavy atom. The number of Topliss-reactive ketones (excluding diaryl/α,β-unsaturated/α-hetero) is 1. The molecule has 0 spiro atoms. The third kappa shape index (κ3) is 5.81. The molecule has 0 aromatic carbocycles. The highest BCUT2D eigenvalue weighted by Crippen LogP contribution is 2.32. The lowest BCUT2D eigenvalue weighted by Gasteiger charge is -2.46. The second-order valence-electron chi connectivity index (χ2n) is 9.37. The number of allylic oxidation sites excluding steroid dienone is 2. The fourth-order valence-electron chi connectivity index (χ4n) is 4.58. The van der Waals surface area contributed by atoms with Crippen LogP contribution < -0.4 is 5.69 Å². The van der Waals surface area contributed by atoms with Crippen molar-refractivity contribution in [3.63, 3.8) is 0 Å². The van der Waals surface area contributed by atoms with Crippen molar-refractivity contribution in [1.82, 2.24) is 14.5 Å². The highest BCUT2D eigenvalue weighted by atomic mass is 16.7. The average Bonchev–Trinajstić information content (AvgIpc) is 2.77. The van der Waals surface area contributed by atoms with E-state index in [0.29, 0.717) is 24.1 Å². The molecule has 10 nitrogen and oxygen atoms in total. The first-order valence-corrected chi connectivity index (χ1v) is 11.8. The van der Waals surface area contributed by atoms with Gasteiger partial charge in [0.15, 0.2) is 12.1 Å². The summed E-state index contributed by atoms with van der Waals surface area (Å²) in [5, 5.41) is 21.1. The molecule has 0 amide bonds. The standard InChI is InChI=1S/C24H37N3O7/c1-7-13(2)17(28)12-16-10-11-27(24(31)25-16)19-9-8-18(14(3)32-19)34-23-22(30)21(29)20(26(5)6)15(4)33-23/h7,10-11,14-15,18-23,29-30H,8-9,12H2,1-6H3/b13-7+. The zero-order valence-corrected chi connectivity index (χ0v) is 20.7. The average molecular weight is 480 g/mol. The Bertz CT molecular complexity index is 947. The number of ketones is 1. The number of rotatable bonds is 7. The third-order valence-electron chi connectivity index (χ3n) is 6.72. The second-order valence-corrected chi connectivity index (χ2v) is 9.37. The van der Waals surface area contributed by atoms with E-state index in [9.17, 15) is 19.8 Å². The normalized spacial score (nSPS) is 34.9. The van der Waals surface area contributed by atoms with Gasteiger partial charge in [0.1, 0.15) is 18.4 Å². The van der Waals surface area contributed by atoms with E-state index in [4.69, 9.17) is 14.2 Å². The molecule has 2 saturated heterocycles. The van der Waals surface area contributed by atoms with Crippen LogP contribution in [0.2, 0.25) is 0 Å². The summed E-state index contributed by atoms with van der Waals surface area (Å²) in [5.74, 6) is -0.0712. The molecule has 0 aliphatic carbocycles. The van der Waals surface area contributed by atoms with Crippen LogP contribution >= 0.6 is 0 Å². The lowest BCUT2D eigenvalue weighted by atomic mass is 9.96. The van der Waals surface area contributed by atoms with Gasteiger partial charge >= 0.3 is 5.69 Å². The Balaban J connectivity index is 1.61. The van der Waals surface area contributed by atoms with Crippen LogP contribution in [-0.4, -0.2) is 87.4 Å². The second kappa shape index (κ2) is 11.2. The van der Waals surface area contributed by atoms with Gasteiger partial charge in [0.05, 0.1) is 36.5 Å². The Morgan fingerprint density at radius 1 is 1.24 bits per heavy atom. The molecule has 34 heavy (non-hydrogen) atoms. The number of aliphatic hydroxyl groups is 2. The van der Waals surface area contributed by atoms with E-state index in [0.717, 1.165) is 0 Å². The van der Waals surface area contributed by atoms with Crippen molar-refractivity contribution in [1.29, 1.82) is 0 Å². The lowest BCUT2D eigenvalue weighted by Crippen LogP contribution is -2.62. The Morgan fingerprint density at radius 3 is 2.53 bits per heavy atom. The molecule has 8 atom stereocenters. The molecule has 2 aliphatic heterocycles. The fourth-order valence-corrected chi connectivity index (χ4v) is 4.58. The molecule has 0 radical (unpaired) electrons. The van der Waals surface area contributed by atoms with Crippen molar-refractivity contribution in [2.45, 2.75) is 96.0 Å². The van der Waals surface area contributed by atoms with Gasteiger partial charge in [0, 0.05) is 6.20 Å². The van der Waals surface area contributed by atoms with Gasteiger partial charge in [0.25, 0.3) is 0 Å². The molecular formula is C24H37N3O7. The van der Waals surface area contributed by atoms with Crippen molar-refractivity contribution in [3.8, 4) is 0 Å². The molecule has 1 aromatic rings. The molecule has 3 heterocycles. The molecule has 0 saturated carbocycles. The summed E-state index contributed by atoms with van der Waals surface area (Å²) in [6.45, 7) is 7.20. The summed E-state index contributed by atoms with van der Waals surface area (Å²) >= 11 is 0. The van der Waals surface area contributed by atoms with Crippen LogP contribution in [0.3, 0.4) is 0 Å². The smallest absolute Gasteiger partial charge is 0.349 e. The molecular weight excluding hydrogens is 442 g/mol. The summed E-state index contributed by atoms with van der Waals surface area (Å²) in [6, 6.07) is 1.31. The van der Waals surface area contributed by atoms with E-state index in [-0.39, 0.29) is 36.6 Å². The largest absolute Gasteiger partial charge is 0.388 e. The molecule has 1 aromatic heterocycles. The number of carbonyl (C=O) groups is 1. The Hall–Kier alpha value is -1.95. The number of aliphatic hydroxyl groups excluding tert-OH is 2. The van der Waals surface area contributed by atoms with Crippen LogP contribution in [0, 0.1) is 0 Å². The van der Waals surface area contributed by atoms with E-state index in [1.165, 1.54) is 4.57 Å². The SMILES string of the molecule is C/C=C(\C)C(=O)Cc1ccn(C2CCC(OC3OC(C)C(N(C)C)C(O)C3O)C(C)O2)c(=O)n1. The molecule has 3 rings (SSSR count). The predicted molar refractivity (Wildman–Crippen MR) is 124 cm³/mol. The van der Waals surface area contributed by atoms with E-state index in [2.05, 4.69) is 4.98 Å². The summed E-state index contributed by atoms with van der Waals surface area (Å²) in [4.78, 5) is 30.6. The molecule has 0 bridgehead atoms. The summed E-state index contributed by atoms with van der Waals surface area (Å²) in [5.41, 5.74) is 0.579. The van der Waals surface area contributed by atoms with E-state index >= 15 is 0 Å². The van der Waals surface area contributed by atoms with Gasteiger partial charge in [-0.15, -0.1) is 0 Å². The fraction of sp³-hybridized carbons (Fsp3) is 0.708. The minimum absolute atomic E-state index is 0.0712. The first-order valence-electron chi connectivity index (χ1n) is 11.8. The Kier molecular flexibility index (Phi) is 8.77. The highest BCUT2D eigenvalue weighted by molar-refractivity contribution is 5.95. The van der Waals surface area contributed by atoms with Gasteiger partial charge in [-0.05, 0) is 66.3 Å². The van der Waals surface area contributed by atoms with E-state index in [1.807, 2.05) is 32.8 Å². The Labute approximate surface area is 200 Å². The zero-order chi connectivity index (χ0) is 25.2. The summed E-state index contributed by atoms with van der Waals surface area (Å²) in [7, 11) is 3.65. The van der Waals surface area contributed by atoms with Gasteiger partial charge in [-0.1, -0.05) is 6.08 Å². The summed E-state index contributed by atoms with van der Waals surface area (Å²) < 4.78 is 19.3. The van der Waals surface area contributed by atoms with Crippen LogP contribution in [0.25, 0.3) is 0 Å². The molecule has 10 heteroatoms.